The number of aryl methyl sites for hydroxylation is 1. The smallest absolute Gasteiger partial charge is 0.265 e. The van der Waals surface area contributed by atoms with Gasteiger partial charge in [-0.15, -0.1) is 0 Å². The van der Waals surface area contributed by atoms with Gasteiger partial charge in [-0.25, -0.2) is 8.42 Å². The van der Waals surface area contributed by atoms with Crippen LogP contribution >= 0.6 is 0 Å². The summed E-state index contributed by atoms with van der Waals surface area (Å²) in [7, 11) is -3.58. The number of anilines is 1. The van der Waals surface area contributed by atoms with Crippen LogP contribution in [0.15, 0.2) is 45.8 Å². The fraction of sp³-hybridized carbons (Fsp3) is 0.143. The highest BCUT2D eigenvalue weighted by atomic mass is 32.2. The van der Waals surface area contributed by atoms with E-state index in [-0.39, 0.29) is 12.4 Å². The number of benzene rings is 2. The highest BCUT2D eigenvalue weighted by Crippen LogP contribution is 2.42. The molecule has 0 unspecified atom stereocenters. The zero-order valence-electron chi connectivity index (χ0n) is 11.1. The summed E-state index contributed by atoms with van der Waals surface area (Å²) in [4.78, 5) is 4.41. The van der Waals surface area contributed by atoms with Gasteiger partial charge in [-0.1, -0.05) is 29.4 Å². The van der Waals surface area contributed by atoms with Crippen LogP contribution in [0.25, 0.3) is 10.8 Å². The van der Waals surface area contributed by atoms with Gasteiger partial charge in [0.05, 0.1) is 10.6 Å². The molecular weight excluding hydrogens is 290 g/mol. The first-order valence-electron chi connectivity index (χ1n) is 6.41. The number of sulfonamides is 1. The Bertz CT molecular complexity index is 957. The maximum atomic E-state index is 12.7. The minimum absolute atomic E-state index is 0.0387. The molecule has 1 aromatic heterocycles. The Morgan fingerprint density at radius 2 is 1.95 bits per heavy atom. The Morgan fingerprint density at radius 1 is 1.19 bits per heavy atom. The van der Waals surface area contributed by atoms with Gasteiger partial charge in [-0.3, -0.25) is 4.31 Å². The molecule has 0 spiro atoms. The summed E-state index contributed by atoms with van der Waals surface area (Å²) in [5.74, 6) is 0.762. The minimum Gasteiger partial charge on any atom is -0.337 e. The lowest BCUT2D eigenvalue weighted by Crippen LogP contribution is -2.26. The predicted molar refractivity (Wildman–Crippen MR) is 76.4 cm³/mol. The normalized spacial score (nSPS) is 15.8. The Morgan fingerprint density at radius 3 is 2.67 bits per heavy atom. The van der Waals surface area contributed by atoms with Crippen molar-refractivity contribution in [3.05, 3.63) is 48.1 Å². The second-order valence-corrected chi connectivity index (χ2v) is 6.71. The Labute approximate surface area is 121 Å². The van der Waals surface area contributed by atoms with Crippen LogP contribution in [0, 0.1) is 6.92 Å². The van der Waals surface area contributed by atoms with E-state index in [1.165, 1.54) is 4.31 Å². The minimum atomic E-state index is -3.58. The SMILES string of the molecule is Cc1noc(CN2c3cccc4cccc(c34)S2(=O)=O)n1. The van der Waals surface area contributed by atoms with E-state index < -0.39 is 10.0 Å². The first kappa shape index (κ1) is 12.3. The molecule has 0 aliphatic carbocycles. The topological polar surface area (TPSA) is 76.3 Å². The van der Waals surface area contributed by atoms with Crippen molar-refractivity contribution in [1.29, 1.82) is 0 Å². The molecule has 1 aliphatic rings. The molecule has 0 amide bonds. The van der Waals surface area contributed by atoms with E-state index in [1.54, 1.807) is 25.1 Å². The molecular formula is C14H11N3O3S. The number of hydrogen-bond acceptors (Lipinski definition) is 5. The molecule has 3 aromatic rings. The van der Waals surface area contributed by atoms with Crippen LogP contribution < -0.4 is 4.31 Å². The van der Waals surface area contributed by atoms with Crippen molar-refractivity contribution in [2.75, 3.05) is 4.31 Å². The third kappa shape index (κ3) is 1.67. The lowest BCUT2D eigenvalue weighted by atomic mass is 10.1. The van der Waals surface area contributed by atoms with Gasteiger partial charge in [0.25, 0.3) is 10.0 Å². The molecule has 106 valence electrons. The van der Waals surface area contributed by atoms with Crippen molar-refractivity contribution < 1.29 is 12.9 Å². The number of rotatable bonds is 2. The van der Waals surface area contributed by atoms with E-state index in [1.807, 2.05) is 18.2 Å². The second kappa shape index (κ2) is 4.05. The highest BCUT2D eigenvalue weighted by Gasteiger charge is 2.36. The van der Waals surface area contributed by atoms with Gasteiger partial charge in [-0.2, -0.15) is 4.98 Å². The molecule has 2 heterocycles. The summed E-state index contributed by atoms with van der Waals surface area (Å²) < 4.78 is 31.8. The summed E-state index contributed by atoms with van der Waals surface area (Å²) in [6.45, 7) is 1.73. The van der Waals surface area contributed by atoms with Crippen molar-refractivity contribution in [2.24, 2.45) is 0 Å². The quantitative estimate of drug-likeness (QED) is 0.725. The van der Waals surface area contributed by atoms with Gasteiger partial charge in [0, 0.05) is 5.39 Å². The van der Waals surface area contributed by atoms with Gasteiger partial charge in [0.2, 0.25) is 5.89 Å². The van der Waals surface area contributed by atoms with Crippen LogP contribution in [-0.4, -0.2) is 18.6 Å². The second-order valence-electron chi connectivity index (χ2n) is 4.88. The monoisotopic (exact) mass is 301 g/mol. The van der Waals surface area contributed by atoms with Crippen LogP contribution in [0.3, 0.4) is 0 Å². The number of hydrogen-bond donors (Lipinski definition) is 0. The van der Waals surface area contributed by atoms with Gasteiger partial charge in [0.15, 0.2) is 5.82 Å². The summed E-state index contributed by atoms with van der Waals surface area (Å²) in [6, 6.07) is 10.8. The zero-order chi connectivity index (χ0) is 14.6. The van der Waals surface area contributed by atoms with E-state index in [0.29, 0.717) is 16.4 Å². The van der Waals surface area contributed by atoms with E-state index in [9.17, 15) is 8.42 Å². The molecule has 0 radical (unpaired) electrons. The van der Waals surface area contributed by atoms with Crippen LogP contribution in [0.5, 0.6) is 0 Å². The van der Waals surface area contributed by atoms with E-state index in [2.05, 4.69) is 10.1 Å². The molecule has 0 fully saturated rings. The van der Waals surface area contributed by atoms with Crippen molar-refractivity contribution in [2.45, 2.75) is 18.4 Å². The Kier molecular flexibility index (Phi) is 2.38. The first-order chi connectivity index (χ1) is 10.1. The molecule has 21 heavy (non-hydrogen) atoms. The largest absolute Gasteiger partial charge is 0.337 e. The van der Waals surface area contributed by atoms with Crippen LogP contribution in [-0.2, 0) is 16.6 Å². The molecule has 0 saturated carbocycles. The number of aromatic nitrogens is 2. The van der Waals surface area contributed by atoms with Gasteiger partial charge in [-0.05, 0) is 24.4 Å². The maximum Gasteiger partial charge on any atom is 0.265 e. The molecule has 0 bridgehead atoms. The standard InChI is InChI=1S/C14H11N3O3S/c1-9-15-13(20-16-9)8-17-11-6-2-4-10-5-3-7-12(14(10)11)21(17,18)19/h2-7H,8H2,1H3. The third-order valence-electron chi connectivity index (χ3n) is 3.53. The average molecular weight is 301 g/mol. The summed E-state index contributed by atoms with van der Waals surface area (Å²) in [6.07, 6.45) is 0. The Balaban J connectivity index is 1.92. The molecule has 6 nitrogen and oxygen atoms in total. The van der Waals surface area contributed by atoms with E-state index in [4.69, 9.17) is 4.52 Å². The van der Waals surface area contributed by atoms with Crippen molar-refractivity contribution in [3.8, 4) is 0 Å². The molecule has 2 aromatic carbocycles. The average Bonchev–Trinajstić information content (AvgIpc) is 2.96. The zero-order valence-corrected chi connectivity index (χ0v) is 12.0. The number of nitrogens with zero attached hydrogens (tertiary/aromatic N) is 3. The van der Waals surface area contributed by atoms with E-state index in [0.717, 1.165) is 10.8 Å². The van der Waals surface area contributed by atoms with Crippen molar-refractivity contribution in [1.82, 2.24) is 10.1 Å². The van der Waals surface area contributed by atoms with Gasteiger partial charge in [0.1, 0.15) is 6.54 Å². The van der Waals surface area contributed by atoms with Crippen LogP contribution in [0.4, 0.5) is 5.69 Å². The maximum absolute atomic E-state index is 12.7. The summed E-state index contributed by atoms with van der Waals surface area (Å²) >= 11 is 0. The lowest BCUT2D eigenvalue weighted by molar-refractivity contribution is 0.376. The third-order valence-corrected chi connectivity index (χ3v) is 5.33. The Hall–Kier alpha value is -2.41. The molecule has 0 saturated heterocycles. The molecule has 0 N–H and O–H groups in total. The summed E-state index contributed by atoms with van der Waals surface area (Å²) in [5, 5.41) is 5.34. The van der Waals surface area contributed by atoms with Crippen LogP contribution in [0.1, 0.15) is 11.7 Å². The molecule has 1 aliphatic heterocycles. The van der Waals surface area contributed by atoms with Crippen molar-refractivity contribution >= 4 is 26.5 Å². The fourth-order valence-corrected chi connectivity index (χ4v) is 4.32. The van der Waals surface area contributed by atoms with Crippen LogP contribution in [0.2, 0.25) is 0 Å². The molecule has 0 atom stereocenters. The highest BCUT2D eigenvalue weighted by molar-refractivity contribution is 7.93. The molecule has 7 heteroatoms. The van der Waals surface area contributed by atoms with Crippen molar-refractivity contribution in [3.63, 3.8) is 0 Å². The van der Waals surface area contributed by atoms with E-state index >= 15 is 0 Å². The first-order valence-corrected chi connectivity index (χ1v) is 7.85. The fourth-order valence-electron chi connectivity index (χ4n) is 2.66. The predicted octanol–water partition coefficient (Wildman–Crippen LogP) is 2.24. The van der Waals surface area contributed by atoms with Gasteiger partial charge >= 0.3 is 0 Å². The molecule has 4 rings (SSSR count). The van der Waals surface area contributed by atoms with Gasteiger partial charge < -0.3 is 4.52 Å². The summed E-state index contributed by atoms with van der Waals surface area (Å²) in [5.41, 5.74) is 0.652. The lowest BCUT2D eigenvalue weighted by Gasteiger charge is -2.16.